The topological polar surface area (TPSA) is 114 Å². The van der Waals surface area contributed by atoms with Crippen LogP contribution in [0, 0.1) is 0 Å². The Morgan fingerprint density at radius 2 is 1.00 bits per heavy atom. The van der Waals surface area contributed by atoms with Crippen molar-refractivity contribution in [2.75, 3.05) is 28.4 Å². The third-order valence-corrected chi connectivity index (χ3v) is 12.0. The molecule has 0 atom stereocenters. The summed E-state index contributed by atoms with van der Waals surface area (Å²) in [5.74, 6) is 1.46. The molecule has 160 valence electrons. The summed E-state index contributed by atoms with van der Waals surface area (Å²) in [5, 5.41) is -1.21. The van der Waals surface area contributed by atoms with Gasteiger partial charge in [-0.1, -0.05) is 0 Å². The fraction of sp³-hybridized carbons (Fsp3) is 0.333. The fourth-order valence-electron chi connectivity index (χ4n) is 2.53. The van der Waals surface area contributed by atoms with Crippen LogP contribution in [-0.4, -0.2) is 54.5 Å². The Hall–Kier alpha value is -2.16. The Balaban J connectivity index is 2.21. The summed E-state index contributed by atoms with van der Waals surface area (Å²) < 4.78 is 74.8. The van der Waals surface area contributed by atoms with Gasteiger partial charge in [-0.15, -0.1) is 0 Å². The second-order valence-corrected chi connectivity index (χ2v) is 13.5. The Bertz CT molecular complexity index is 975. The molecule has 0 aliphatic rings. The number of rotatable bonds is 10. The van der Waals surface area contributed by atoms with Gasteiger partial charge in [-0.3, -0.25) is 0 Å². The first kappa shape index (κ1) is 23.1. The van der Waals surface area contributed by atoms with Crippen LogP contribution in [-0.2, 0) is 28.9 Å². The molecule has 0 N–H and O–H groups in total. The molecule has 0 radical (unpaired) electrons. The SMILES string of the molecule is COc1ccc(C[Se](=O)(=O)O[Se](=O)(=O)Cc2ccc(OC)cc2OC)c(OC)c1. The van der Waals surface area contributed by atoms with E-state index in [9.17, 15) is 15.3 Å². The molecule has 0 unspecified atom stereocenters. The summed E-state index contributed by atoms with van der Waals surface area (Å²) in [7, 11) is 5.66. The molecule has 0 fully saturated rings. The zero-order valence-corrected chi connectivity index (χ0v) is 19.8. The van der Waals surface area contributed by atoms with Crippen molar-refractivity contribution in [3.63, 3.8) is 0 Å². The van der Waals surface area contributed by atoms with E-state index in [1.54, 1.807) is 12.1 Å². The van der Waals surface area contributed by atoms with E-state index in [1.807, 2.05) is 0 Å². The zero-order chi connectivity index (χ0) is 21.7. The number of hydrogen-bond donors (Lipinski definition) is 0. The summed E-state index contributed by atoms with van der Waals surface area (Å²) in [6.07, 6.45) is 0. The molecule has 0 amide bonds. The van der Waals surface area contributed by atoms with Crippen LogP contribution >= 0.6 is 0 Å². The summed E-state index contributed by atoms with van der Waals surface area (Å²) >= 11 is -10.6. The van der Waals surface area contributed by atoms with E-state index in [0.717, 1.165) is 0 Å². The van der Waals surface area contributed by atoms with Gasteiger partial charge in [-0.2, -0.15) is 0 Å². The van der Waals surface area contributed by atoms with Gasteiger partial charge in [0.1, 0.15) is 0 Å². The third-order valence-electron chi connectivity index (χ3n) is 3.86. The van der Waals surface area contributed by atoms with Crippen LogP contribution in [0.5, 0.6) is 23.0 Å². The molecule has 11 heteroatoms. The van der Waals surface area contributed by atoms with Crippen molar-refractivity contribution in [2.24, 2.45) is 0 Å². The molecule has 2 aromatic rings. The van der Waals surface area contributed by atoms with Crippen molar-refractivity contribution in [3.8, 4) is 23.0 Å². The van der Waals surface area contributed by atoms with E-state index in [-0.39, 0.29) is 22.6 Å². The Morgan fingerprint density at radius 1 is 0.621 bits per heavy atom. The molecule has 0 bridgehead atoms. The van der Waals surface area contributed by atoms with Gasteiger partial charge in [0.2, 0.25) is 0 Å². The first-order valence-corrected chi connectivity index (χ1v) is 14.8. The van der Waals surface area contributed by atoms with Crippen LogP contribution in [0.4, 0.5) is 0 Å². The average molecular weight is 540 g/mol. The molecule has 2 aromatic carbocycles. The third kappa shape index (κ3) is 6.42. The molecule has 0 saturated heterocycles. The maximum atomic E-state index is 12.4. The number of methoxy groups -OCH3 is 4. The monoisotopic (exact) mass is 542 g/mol. The molecule has 0 spiro atoms. The van der Waals surface area contributed by atoms with Crippen molar-refractivity contribution in [1.29, 1.82) is 0 Å². The normalized spacial score (nSPS) is 11.7. The Labute approximate surface area is 172 Å². The predicted octanol–water partition coefficient (Wildman–Crippen LogP) is 2.20. The fourth-order valence-corrected chi connectivity index (χ4v) is 10.5. The number of benzene rings is 2. The van der Waals surface area contributed by atoms with Gasteiger partial charge in [0.15, 0.2) is 0 Å². The molecule has 0 heterocycles. The first-order valence-electron chi connectivity index (χ1n) is 8.21. The Kier molecular flexibility index (Phi) is 7.62. The molecular formula is C18H22O9Se2. The van der Waals surface area contributed by atoms with Gasteiger partial charge >= 0.3 is 173 Å². The van der Waals surface area contributed by atoms with E-state index in [1.165, 1.54) is 52.7 Å². The minimum absolute atomic E-state index is 0.254. The average Bonchev–Trinajstić information content (AvgIpc) is 2.67. The molecule has 0 aromatic heterocycles. The second kappa shape index (κ2) is 9.56. The van der Waals surface area contributed by atoms with Crippen molar-refractivity contribution >= 4 is 26.1 Å². The van der Waals surface area contributed by atoms with Crippen LogP contribution in [0.1, 0.15) is 11.1 Å². The molecule has 0 aliphatic carbocycles. The Morgan fingerprint density at radius 3 is 1.31 bits per heavy atom. The molecule has 2 rings (SSSR count). The summed E-state index contributed by atoms with van der Waals surface area (Å²) in [6, 6.07) is 9.07. The molecule has 9 nitrogen and oxygen atoms in total. The van der Waals surface area contributed by atoms with Gasteiger partial charge in [-0.25, -0.2) is 0 Å². The molecular weight excluding hydrogens is 518 g/mol. The quantitative estimate of drug-likeness (QED) is 0.419. The molecule has 0 aliphatic heterocycles. The van der Waals surface area contributed by atoms with Crippen LogP contribution in [0.25, 0.3) is 0 Å². The van der Waals surface area contributed by atoms with Gasteiger partial charge in [-0.05, 0) is 0 Å². The van der Waals surface area contributed by atoms with Crippen molar-refractivity contribution in [3.05, 3.63) is 47.5 Å². The van der Waals surface area contributed by atoms with E-state index >= 15 is 0 Å². The van der Waals surface area contributed by atoms with Gasteiger partial charge in [0.05, 0.1) is 0 Å². The summed E-state index contributed by atoms with van der Waals surface area (Å²) in [5.41, 5.74) is 0.543. The maximum absolute atomic E-state index is 12.4. The second-order valence-electron chi connectivity index (χ2n) is 5.83. The van der Waals surface area contributed by atoms with E-state index < -0.39 is 36.7 Å². The summed E-state index contributed by atoms with van der Waals surface area (Å²) in [6.45, 7) is 0. The van der Waals surface area contributed by atoms with Crippen LogP contribution in [0.3, 0.4) is 0 Å². The van der Waals surface area contributed by atoms with Crippen molar-refractivity contribution in [1.82, 2.24) is 0 Å². The van der Waals surface area contributed by atoms with Crippen LogP contribution in [0.15, 0.2) is 36.4 Å². The summed E-state index contributed by atoms with van der Waals surface area (Å²) in [4.78, 5) is 0. The molecule has 0 saturated carbocycles. The standard InChI is InChI=1S/C18H22O9Se2/c1-23-15-7-5-13(17(9-15)25-3)11-28(19,20)27-29(21,22)12-14-6-8-16(24-2)10-18(14)26-4/h5-10H,11-12H2,1-4H3. The van der Waals surface area contributed by atoms with Gasteiger partial charge < -0.3 is 0 Å². The van der Waals surface area contributed by atoms with Crippen molar-refractivity contribution in [2.45, 2.75) is 10.6 Å². The predicted molar refractivity (Wildman–Crippen MR) is 102 cm³/mol. The van der Waals surface area contributed by atoms with E-state index in [2.05, 4.69) is 2.90 Å². The van der Waals surface area contributed by atoms with Crippen LogP contribution < -0.4 is 18.9 Å². The number of ether oxygens (including phenoxy) is 4. The van der Waals surface area contributed by atoms with Gasteiger partial charge in [0, 0.05) is 0 Å². The van der Waals surface area contributed by atoms with Gasteiger partial charge in [0.25, 0.3) is 0 Å². The van der Waals surface area contributed by atoms with E-state index in [0.29, 0.717) is 11.5 Å². The minimum atomic E-state index is -5.30. The zero-order valence-electron chi connectivity index (χ0n) is 16.4. The first-order chi connectivity index (χ1) is 13.6. The number of hydrogen-bond acceptors (Lipinski definition) is 9. The van der Waals surface area contributed by atoms with E-state index in [4.69, 9.17) is 18.9 Å². The van der Waals surface area contributed by atoms with Crippen LogP contribution in [0.2, 0.25) is 0 Å². The van der Waals surface area contributed by atoms with Crippen molar-refractivity contribution < 1.29 is 37.2 Å². The molecule has 29 heavy (non-hydrogen) atoms.